The van der Waals surface area contributed by atoms with E-state index in [1.54, 1.807) is 12.1 Å². The molecule has 3 nitrogen and oxygen atoms in total. The summed E-state index contributed by atoms with van der Waals surface area (Å²) < 4.78 is 37.5. The number of likely N-dealkylation sites (N-methyl/N-ethyl adjacent to an activating group) is 1. The first-order valence-corrected chi connectivity index (χ1v) is 6.80. The van der Waals surface area contributed by atoms with Crippen LogP contribution in [0.1, 0.15) is 5.56 Å². The Hall–Kier alpha value is -1.27. The zero-order chi connectivity index (χ0) is 14.6. The van der Waals surface area contributed by atoms with Gasteiger partial charge in [0.2, 0.25) is 0 Å². The summed E-state index contributed by atoms with van der Waals surface area (Å²) in [4.78, 5) is 4.49. The number of rotatable bonds is 4. The molecule has 0 radical (unpaired) electrons. The number of benzene rings is 1. The van der Waals surface area contributed by atoms with Gasteiger partial charge in [0.1, 0.15) is 0 Å². The predicted octanol–water partition coefficient (Wildman–Crippen LogP) is 2.05. The summed E-state index contributed by atoms with van der Waals surface area (Å²) in [7, 11) is 1.93. The van der Waals surface area contributed by atoms with Crippen molar-refractivity contribution in [3.63, 3.8) is 0 Å². The maximum atomic E-state index is 12.5. The van der Waals surface area contributed by atoms with E-state index in [9.17, 15) is 13.2 Å². The van der Waals surface area contributed by atoms with E-state index in [0.29, 0.717) is 0 Å². The SMILES string of the molecule is CNCCN1CCN(c2ccc(C(F)(F)F)cc2)CC1. The second-order valence-electron chi connectivity index (χ2n) is 4.98. The zero-order valence-corrected chi connectivity index (χ0v) is 11.6. The highest BCUT2D eigenvalue weighted by atomic mass is 19.4. The Morgan fingerprint density at radius 3 is 2.15 bits per heavy atom. The molecule has 1 aliphatic rings. The number of halogens is 3. The topological polar surface area (TPSA) is 18.5 Å². The van der Waals surface area contributed by atoms with Gasteiger partial charge in [-0.1, -0.05) is 0 Å². The van der Waals surface area contributed by atoms with Crippen LogP contribution in [0.25, 0.3) is 0 Å². The first kappa shape index (κ1) is 15.1. The molecule has 0 spiro atoms. The van der Waals surface area contributed by atoms with Crippen LogP contribution < -0.4 is 10.2 Å². The molecule has 0 amide bonds. The van der Waals surface area contributed by atoms with Gasteiger partial charge in [0, 0.05) is 45.0 Å². The lowest BCUT2D eigenvalue weighted by Crippen LogP contribution is -2.48. The van der Waals surface area contributed by atoms with E-state index in [1.807, 2.05) is 7.05 Å². The van der Waals surface area contributed by atoms with Crippen molar-refractivity contribution in [2.45, 2.75) is 6.18 Å². The highest BCUT2D eigenvalue weighted by Crippen LogP contribution is 2.30. The van der Waals surface area contributed by atoms with Crippen LogP contribution >= 0.6 is 0 Å². The van der Waals surface area contributed by atoms with Crippen molar-refractivity contribution in [1.82, 2.24) is 10.2 Å². The summed E-state index contributed by atoms with van der Waals surface area (Å²) in [5, 5.41) is 3.12. The largest absolute Gasteiger partial charge is 0.416 e. The zero-order valence-electron chi connectivity index (χ0n) is 11.6. The molecule has 1 aliphatic heterocycles. The van der Waals surface area contributed by atoms with Crippen LogP contribution in [0.2, 0.25) is 0 Å². The molecule has 0 atom stereocenters. The van der Waals surface area contributed by atoms with Gasteiger partial charge in [0.05, 0.1) is 5.56 Å². The fourth-order valence-electron chi connectivity index (χ4n) is 2.36. The normalized spacial score (nSPS) is 17.5. The van der Waals surface area contributed by atoms with Gasteiger partial charge in [-0.25, -0.2) is 0 Å². The fourth-order valence-corrected chi connectivity index (χ4v) is 2.36. The molecule has 0 bridgehead atoms. The Labute approximate surface area is 117 Å². The van der Waals surface area contributed by atoms with E-state index in [0.717, 1.165) is 57.1 Å². The van der Waals surface area contributed by atoms with Crippen molar-refractivity contribution in [1.29, 1.82) is 0 Å². The Morgan fingerprint density at radius 1 is 1.05 bits per heavy atom. The molecule has 1 fully saturated rings. The summed E-state index contributed by atoms with van der Waals surface area (Å²) in [5.41, 5.74) is 0.278. The van der Waals surface area contributed by atoms with Crippen molar-refractivity contribution in [3.05, 3.63) is 29.8 Å². The number of alkyl halides is 3. The van der Waals surface area contributed by atoms with Gasteiger partial charge in [-0.2, -0.15) is 13.2 Å². The van der Waals surface area contributed by atoms with E-state index < -0.39 is 11.7 Å². The van der Waals surface area contributed by atoms with Gasteiger partial charge in [-0.05, 0) is 31.3 Å². The van der Waals surface area contributed by atoms with Gasteiger partial charge >= 0.3 is 6.18 Å². The molecular formula is C14H20F3N3. The molecular weight excluding hydrogens is 267 g/mol. The minimum Gasteiger partial charge on any atom is -0.369 e. The minimum atomic E-state index is -4.26. The average molecular weight is 287 g/mol. The number of anilines is 1. The number of hydrogen-bond donors (Lipinski definition) is 1. The van der Waals surface area contributed by atoms with Crippen LogP contribution in [0.15, 0.2) is 24.3 Å². The van der Waals surface area contributed by atoms with Gasteiger partial charge in [0.25, 0.3) is 0 Å². The number of piperazine rings is 1. The third-order valence-corrected chi connectivity index (χ3v) is 3.61. The molecule has 0 aliphatic carbocycles. The Kier molecular flexibility index (Phi) is 4.88. The van der Waals surface area contributed by atoms with Crippen LogP contribution in [0.3, 0.4) is 0 Å². The second kappa shape index (κ2) is 6.45. The molecule has 1 heterocycles. The van der Waals surface area contributed by atoms with Crippen LogP contribution in [0, 0.1) is 0 Å². The highest BCUT2D eigenvalue weighted by Gasteiger charge is 2.30. The summed E-state index contributed by atoms with van der Waals surface area (Å²) in [6, 6.07) is 5.43. The van der Waals surface area contributed by atoms with Crippen molar-refractivity contribution < 1.29 is 13.2 Å². The fraction of sp³-hybridized carbons (Fsp3) is 0.571. The monoisotopic (exact) mass is 287 g/mol. The number of hydrogen-bond acceptors (Lipinski definition) is 3. The van der Waals surface area contributed by atoms with Gasteiger partial charge < -0.3 is 10.2 Å². The summed E-state index contributed by atoms with van der Waals surface area (Å²) in [6.07, 6.45) is -4.26. The molecule has 20 heavy (non-hydrogen) atoms. The maximum absolute atomic E-state index is 12.5. The van der Waals surface area contributed by atoms with Gasteiger partial charge in [-0.3, -0.25) is 4.90 Å². The summed E-state index contributed by atoms with van der Waals surface area (Å²) in [6.45, 7) is 5.58. The molecule has 1 aromatic carbocycles. The van der Waals surface area contributed by atoms with Crippen LogP contribution in [-0.4, -0.2) is 51.2 Å². The molecule has 0 aromatic heterocycles. The molecule has 1 saturated heterocycles. The lowest BCUT2D eigenvalue weighted by Gasteiger charge is -2.36. The molecule has 0 unspecified atom stereocenters. The molecule has 0 saturated carbocycles. The van der Waals surface area contributed by atoms with Crippen LogP contribution in [0.5, 0.6) is 0 Å². The van der Waals surface area contributed by atoms with E-state index >= 15 is 0 Å². The first-order valence-electron chi connectivity index (χ1n) is 6.80. The Morgan fingerprint density at radius 2 is 1.65 bits per heavy atom. The number of nitrogens with zero attached hydrogens (tertiary/aromatic N) is 2. The summed E-state index contributed by atoms with van der Waals surface area (Å²) >= 11 is 0. The predicted molar refractivity (Wildman–Crippen MR) is 74.0 cm³/mol. The van der Waals surface area contributed by atoms with E-state index in [1.165, 1.54) is 0 Å². The van der Waals surface area contributed by atoms with Crippen molar-refractivity contribution in [2.75, 3.05) is 51.2 Å². The minimum absolute atomic E-state index is 0.589. The molecule has 6 heteroatoms. The summed E-state index contributed by atoms with van der Waals surface area (Å²) in [5.74, 6) is 0. The Bertz CT molecular complexity index is 409. The quantitative estimate of drug-likeness (QED) is 0.914. The van der Waals surface area contributed by atoms with Crippen molar-refractivity contribution >= 4 is 5.69 Å². The third kappa shape index (κ3) is 3.86. The average Bonchev–Trinajstić information content (AvgIpc) is 2.45. The van der Waals surface area contributed by atoms with Crippen molar-refractivity contribution in [3.8, 4) is 0 Å². The standard InChI is InChI=1S/C14H20F3N3/c1-18-6-7-19-8-10-20(11-9-19)13-4-2-12(3-5-13)14(15,16)17/h2-5,18H,6-11H2,1H3. The first-order chi connectivity index (χ1) is 9.50. The van der Waals surface area contributed by atoms with E-state index in [4.69, 9.17) is 0 Å². The van der Waals surface area contributed by atoms with E-state index in [2.05, 4.69) is 15.1 Å². The van der Waals surface area contributed by atoms with Crippen LogP contribution in [0.4, 0.5) is 18.9 Å². The number of nitrogens with one attached hydrogen (secondary N) is 1. The van der Waals surface area contributed by atoms with Gasteiger partial charge in [-0.15, -0.1) is 0 Å². The lowest BCUT2D eigenvalue weighted by atomic mass is 10.1. The van der Waals surface area contributed by atoms with E-state index in [-0.39, 0.29) is 0 Å². The molecule has 1 N–H and O–H groups in total. The lowest BCUT2D eigenvalue weighted by molar-refractivity contribution is -0.137. The maximum Gasteiger partial charge on any atom is 0.416 e. The Balaban J connectivity index is 1.90. The van der Waals surface area contributed by atoms with Crippen molar-refractivity contribution in [2.24, 2.45) is 0 Å². The second-order valence-corrected chi connectivity index (χ2v) is 4.98. The molecule has 1 aromatic rings. The molecule has 112 valence electrons. The van der Waals surface area contributed by atoms with Gasteiger partial charge in [0.15, 0.2) is 0 Å². The third-order valence-electron chi connectivity index (χ3n) is 3.61. The molecule has 2 rings (SSSR count). The smallest absolute Gasteiger partial charge is 0.369 e. The highest BCUT2D eigenvalue weighted by molar-refractivity contribution is 5.48. The van der Waals surface area contributed by atoms with Crippen LogP contribution in [-0.2, 0) is 6.18 Å².